The minimum atomic E-state index is -1.07. The fourth-order valence-corrected chi connectivity index (χ4v) is 2.50. The van der Waals surface area contributed by atoms with Crippen LogP contribution in [0.15, 0.2) is 34.9 Å². The molecule has 2 aromatic rings. The van der Waals surface area contributed by atoms with Crippen molar-refractivity contribution < 1.29 is 24.0 Å². The third-order valence-electron chi connectivity index (χ3n) is 3.65. The van der Waals surface area contributed by atoms with Gasteiger partial charge in [0.15, 0.2) is 0 Å². The van der Waals surface area contributed by atoms with E-state index >= 15 is 0 Å². The number of methoxy groups -OCH3 is 1. The van der Waals surface area contributed by atoms with Crippen molar-refractivity contribution in [2.75, 3.05) is 7.11 Å². The molecule has 1 aromatic carbocycles. The summed E-state index contributed by atoms with van der Waals surface area (Å²) in [5, 5.41) is 15.8. The first kappa shape index (κ1) is 17.5. The van der Waals surface area contributed by atoms with Crippen LogP contribution in [-0.2, 0) is 21.5 Å². The monoisotopic (exact) mass is 332 g/mol. The van der Waals surface area contributed by atoms with Crippen molar-refractivity contribution >= 4 is 11.9 Å². The van der Waals surface area contributed by atoms with Crippen LogP contribution in [0.25, 0.3) is 0 Å². The maximum Gasteiger partial charge on any atom is 0.306 e. The van der Waals surface area contributed by atoms with Crippen molar-refractivity contribution in [2.45, 2.75) is 32.2 Å². The van der Waals surface area contributed by atoms with Gasteiger partial charge in [0.25, 0.3) is 0 Å². The van der Waals surface area contributed by atoms with E-state index in [1.54, 1.807) is 44.2 Å². The second kappa shape index (κ2) is 7.16. The highest BCUT2D eigenvalue weighted by atomic mass is 16.5. The highest BCUT2D eigenvalue weighted by Gasteiger charge is 2.32. The Kier molecular flexibility index (Phi) is 5.23. The summed E-state index contributed by atoms with van der Waals surface area (Å²) in [4.78, 5) is 23.6. The van der Waals surface area contributed by atoms with Gasteiger partial charge in [-0.05, 0) is 31.5 Å². The number of nitrogens with zero attached hydrogens (tertiary/aromatic N) is 1. The summed E-state index contributed by atoms with van der Waals surface area (Å²) < 4.78 is 10.1. The van der Waals surface area contributed by atoms with Gasteiger partial charge in [0.1, 0.15) is 11.5 Å². The van der Waals surface area contributed by atoms with E-state index in [9.17, 15) is 14.7 Å². The molecule has 128 valence electrons. The molecule has 0 spiro atoms. The third-order valence-corrected chi connectivity index (χ3v) is 3.65. The third kappa shape index (κ3) is 4.34. The molecule has 1 aromatic heterocycles. The van der Waals surface area contributed by atoms with Gasteiger partial charge in [-0.15, -0.1) is 0 Å². The second-order valence-corrected chi connectivity index (χ2v) is 5.79. The predicted octanol–water partition coefficient (Wildman–Crippen LogP) is 2.04. The molecule has 0 bridgehead atoms. The summed E-state index contributed by atoms with van der Waals surface area (Å²) in [6, 6.07) is 8.64. The number of hydrogen-bond donors (Lipinski definition) is 2. The van der Waals surface area contributed by atoms with E-state index in [4.69, 9.17) is 9.26 Å². The Morgan fingerprint density at radius 2 is 2.12 bits per heavy atom. The maximum absolute atomic E-state index is 12.3. The van der Waals surface area contributed by atoms with Gasteiger partial charge in [-0.1, -0.05) is 17.3 Å². The Labute approximate surface area is 139 Å². The standard InChI is InChI=1S/C17H20N2O5/c1-11-7-13(19-24-11)9-15(20)18-17(2,10-16(21)22)12-5-4-6-14(8-12)23-3/h4-8H,9-10H2,1-3H3,(H,18,20)(H,21,22). The van der Waals surface area contributed by atoms with Gasteiger partial charge in [-0.3, -0.25) is 9.59 Å². The fourth-order valence-electron chi connectivity index (χ4n) is 2.50. The molecule has 2 N–H and O–H groups in total. The SMILES string of the molecule is COc1cccc(C(C)(CC(=O)O)NC(=O)Cc2cc(C)on2)c1. The number of carbonyl (C=O) groups is 2. The van der Waals surface area contributed by atoms with Crippen LogP contribution in [0.5, 0.6) is 5.75 Å². The van der Waals surface area contributed by atoms with E-state index in [0.717, 1.165) is 0 Å². The summed E-state index contributed by atoms with van der Waals surface area (Å²) in [6.07, 6.45) is -0.250. The number of ether oxygens (including phenoxy) is 1. The molecule has 7 nitrogen and oxygen atoms in total. The lowest BCUT2D eigenvalue weighted by molar-refractivity contribution is -0.139. The zero-order valence-corrected chi connectivity index (χ0v) is 13.8. The molecule has 24 heavy (non-hydrogen) atoms. The zero-order valence-electron chi connectivity index (χ0n) is 13.8. The van der Waals surface area contributed by atoms with Crippen molar-refractivity contribution in [3.8, 4) is 5.75 Å². The summed E-state index contributed by atoms with van der Waals surface area (Å²) in [5.74, 6) is -0.155. The predicted molar refractivity (Wildman–Crippen MR) is 85.7 cm³/mol. The normalized spacial score (nSPS) is 13.1. The lowest BCUT2D eigenvalue weighted by Gasteiger charge is -2.30. The first-order valence-corrected chi connectivity index (χ1v) is 7.42. The molecule has 1 amide bonds. The molecular weight excluding hydrogens is 312 g/mol. The van der Waals surface area contributed by atoms with Crippen LogP contribution in [0.2, 0.25) is 0 Å². The number of aliphatic carboxylic acids is 1. The molecular formula is C17H20N2O5. The quantitative estimate of drug-likeness (QED) is 0.804. The Morgan fingerprint density at radius 1 is 1.38 bits per heavy atom. The van der Waals surface area contributed by atoms with Crippen molar-refractivity contribution in [1.82, 2.24) is 10.5 Å². The minimum absolute atomic E-state index is 0.0104. The van der Waals surface area contributed by atoms with Crippen LogP contribution < -0.4 is 10.1 Å². The molecule has 0 aliphatic carbocycles. The van der Waals surface area contributed by atoms with Gasteiger partial charge in [-0.2, -0.15) is 0 Å². The van der Waals surface area contributed by atoms with Gasteiger partial charge in [0.05, 0.1) is 31.2 Å². The summed E-state index contributed by atoms with van der Waals surface area (Å²) in [7, 11) is 1.53. The van der Waals surface area contributed by atoms with E-state index in [-0.39, 0.29) is 18.7 Å². The molecule has 0 aliphatic heterocycles. The number of aromatic nitrogens is 1. The summed E-state index contributed by atoms with van der Waals surface area (Å²) in [6.45, 7) is 3.40. The zero-order chi connectivity index (χ0) is 17.7. The lowest BCUT2D eigenvalue weighted by Crippen LogP contribution is -2.45. The Morgan fingerprint density at radius 3 is 2.71 bits per heavy atom. The van der Waals surface area contributed by atoms with Gasteiger partial charge >= 0.3 is 5.97 Å². The second-order valence-electron chi connectivity index (χ2n) is 5.79. The molecule has 1 unspecified atom stereocenters. The largest absolute Gasteiger partial charge is 0.497 e. The van der Waals surface area contributed by atoms with E-state index in [1.165, 1.54) is 7.11 Å². The van der Waals surface area contributed by atoms with E-state index in [0.29, 0.717) is 22.8 Å². The summed E-state index contributed by atoms with van der Waals surface area (Å²) >= 11 is 0. The topological polar surface area (TPSA) is 102 Å². The number of benzene rings is 1. The van der Waals surface area contributed by atoms with Gasteiger partial charge < -0.3 is 19.7 Å². The summed E-state index contributed by atoms with van der Waals surface area (Å²) in [5.41, 5.74) is 0.0678. The molecule has 0 aliphatic rings. The Balaban J connectivity index is 2.22. The van der Waals surface area contributed by atoms with Crippen LogP contribution in [0.1, 0.15) is 30.4 Å². The molecule has 1 heterocycles. The molecule has 0 fully saturated rings. The first-order chi connectivity index (χ1) is 11.3. The van der Waals surface area contributed by atoms with Crippen LogP contribution in [0.4, 0.5) is 0 Å². The number of hydrogen-bond acceptors (Lipinski definition) is 5. The number of carbonyl (C=O) groups excluding carboxylic acids is 1. The Hall–Kier alpha value is -2.83. The van der Waals surface area contributed by atoms with Gasteiger partial charge in [0.2, 0.25) is 5.91 Å². The van der Waals surface area contributed by atoms with Crippen molar-refractivity contribution in [1.29, 1.82) is 0 Å². The van der Waals surface area contributed by atoms with Crippen LogP contribution in [0.3, 0.4) is 0 Å². The van der Waals surface area contributed by atoms with E-state index in [1.807, 2.05) is 0 Å². The number of rotatable bonds is 7. The molecule has 7 heteroatoms. The lowest BCUT2D eigenvalue weighted by atomic mass is 9.88. The molecule has 1 atom stereocenters. The number of aryl methyl sites for hydroxylation is 1. The van der Waals surface area contributed by atoms with Crippen molar-refractivity contribution in [3.63, 3.8) is 0 Å². The van der Waals surface area contributed by atoms with E-state index < -0.39 is 11.5 Å². The first-order valence-electron chi connectivity index (χ1n) is 7.42. The average Bonchev–Trinajstić information content (AvgIpc) is 2.91. The fraction of sp³-hybridized carbons (Fsp3) is 0.353. The molecule has 2 rings (SSSR count). The number of nitrogens with one attached hydrogen (secondary N) is 1. The minimum Gasteiger partial charge on any atom is -0.497 e. The Bertz CT molecular complexity index is 740. The number of amides is 1. The van der Waals surface area contributed by atoms with Crippen LogP contribution in [0, 0.1) is 6.92 Å². The van der Waals surface area contributed by atoms with Crippen LogP contribution in [-0.4, -0.2) is 29.2 Å². The average molecular weight is 332 g/mol. The molecule has 0 saturated heterocycles. The smallest absolute Gasteiger partial charge is 0.306 e. The van der Waals surface area contributed by atoms with Crippen molar-refractivity contribution in [3.05, 3.63) is 47.3 Å². The highest BCUT2D eigenvalue weighted by Crippen LogP contribution is 2.28. The van der Waals surface area contributed by atoms with Gasteiger partial charge in [0, 0.05) is 6.07 Å². The van der Waals surface area contributed by atoms with Gasteiger partial charge in [-0.25, -0.2) is 0 Å². The van der Waals surface area contributed by atoms with Crippen molar-refractivity contribution in [2.24, 2.45) is 0 Å². The highest BCUT2D eigenvalue weighted by molar-refractivity contribution is 5.80. The van der Waals surface area contributed by atoms with Crippen LogP contribution >= 0.6 is 0 Å². The number of carboxylic acids is 1. The molecule has 0 saturated carbocycles. The van der Waals surface area contributed by atoms with E-state index in [2.05, 4.69) is 10.5 Å². The maximum atomic E-state index is 12.3. The molecule has 0 radical (unpaired) electrons. The number of carboxylic acid groups (broad SMARTS) is 1.